The summed E-state index contributed by atoms with van der Waals surface area (Å²) < 4.78 is 13.2. The van der Waals surface area contributed by atoms with Crippen molar-refractivity contribution in [3.8, 4) is 0 Å². The molecule has 0 aliphatic heterocycles. The molecule has 0 unspecified atom stereocenters. The number of benzene rings is 2. The molecule has 0 aliphatic carbocycles. The van der Waals surface area contributed by atoms with Crippen LogP contribution in [0.3, 0.4) is 0 Å². The smallest absolute Gasteiger partial charge is 0.306 e. The summed E-state index contributed by atoms with van der Waals surface area (Å²) in [5, 5.41) is 23.6. The largest absolute Gasteiger partial charge is 0.322 e. The van der Waals surface area contributed by atoms with Crippen LogP contribution in [0.1, 0.15) is 10.4 Å². The van der Waals surface area contributed by atoms with E-state index < -0.39 is 32.9 Å². The number of anilines is 1. The van der Waals surface area contributed by atoms with Crippen LogP contribution in [0.25, 0.3) is 0 Å². The SMILES string of the molecule is O=C(Nc1ccc(F)c([N+](=O)[O-])c1)c1ccc(Cl)c([N+](=O)[O-])c1. The molecule has 0 radical (unpaired) electrons. The van der Waals surface area contributed by atoms with E-state index in [2.05, 4.69) is 5.32 Å². The van der Waals surface area contributed by atoms with Crippen molar-refractivity contribution in [1.82, 2.24) is 0 Å². The van der Waals surface area contributed by atoms with Gasteiger partial charge in [-0.05, 0) is 24.3 Å². The lowest BCUT2D eigenvalue weighted by molar-refractivity contribution is -0.387. The molecule has 0 aromatic heterocycles. The van der Waals surface area contributed by atoms with E-state index in [1.54, 1.807) is 0 Å². The Labute approximate surface area is 132 Å². The number of nitro groups is 2. The highest BCUT2D eigenvalue weighted by Crippen LogP contribution is 2.26. The van der Waals surface area contributed by atoms with Crippen LogP contribution in [0.15, 0.2) is 36.4 Å². The highest BCUT2D eigenvalue weighted by atomic mass is 35.5. The number of nitro benzene ring substituents is 2. The monoisotopic (exact) mass is 339 g/mol. The average Bonchev–Trinajstić information content (AvgIpc) is 2.49. The first-order chi connectivity index (χ1) is 10.8. The molecule has 1 N–H and O–H groups in total. The lowest BCUT2D eigenvalue weighted by atomic mass is 10.2. The third kappa shape index (κ3) is 3.58. The normalized spacial score (nSPS) is 10.2. The fourth-order valence-corrected chi connectivity index (χ4v) is 1.91. The summed E-state index contributed by atoms with van der Waals surface area (Å²) >= 11 is 5.64. The van der Waals surface area contributed by atoms with E-state index in [1.165, 1.54) is 12.1 Å². The van der Waals surface area contributed by atoms with Gasteiger partial charge in [0, 0.05) is 23.4 Å². The first-order valence-electron chi connectivity index (χ1n) is 5.99. The molecule has 10 heteroatoms. The van der Waals surface area contributed by atoms with Crippen molar-refractivity contribution in [2.45, 2.75) is 0 Å². The van der Waals surface area contributed by atoms with Crippen molar-refractivity contribution in [1.29, 1.82) is 0 Å². The molecule has 8 nitrogen and oxygen atoms in total. The summed E-state index contributed by atoms with van der Waals surface area (Å²) in [5.41, 5.74) is -1.36. The molecule has 0 spiro atoms. The third-order valence-corrected chi connectivity index (χ3v) is 3.13. The maximum atomic E-state index is 13.2. The number of rotatable bonds is 4. The van der Waals surface area contributed by atoms with Crippen molar-refractivity contribution >= 4 is 34.6 Å². The minimum atomic E-state index is -1.05. The predicted molar refractivity (Wildman–Crippen MR) is 79.1 cm³/mol. The van der Waals surface area contributed by atoms with E-state index >= 15 is 0 Å². The van der Waals surface area contributed by atoms with Crippen molar-refractivity contribution in [3.63, 3.8) is 0 Å². The van der Waals surface area contributed by atoms with Crippen LogP contribution in [-0.2, 0) is 0 Å². The van der Waals surface area contributed by atoms with E-state index in [9.17, 15) is 29.4 Å². The summed E-state index contributed by atoms with van der Waals surface area (Å²) in [6.07, 6.45) is 0. The van der Waals surface area contributed by atoms with E-state index in [0.29, 0.717) is 0 Å². The lowest BCUT2D eigenvalue weighted by Crippen LogP contribution is -2.12. The second kappa shape index (κ2) is 6.36. The predicted octanol–water partition coefficient (Wildman–Crippen LogP) is 3.55. The maximum absolute atomic E-state index is 13.2. The standard InChI is InChI=1S/C13H7ClFN3O5/c14-9-3-1-7(5-11(9)17(20)21)13(19)16-8-2-4-10(15)12(6-8)18(22)23/h1-6H,(H,16,19). The molecular formula is C13H7ClFN3O5. The fraction of sp³-hybridized carbons (Fsp3) is 0. The van der Waals surface area contributed by atoms with Crippen LogP contribution < -0.4 is 5.32 Å². The van der Waals surface area contributed by atoms with E-state index in [-0.39, 0.29) is 16.3 Å². The Balaban J connectivity index is 2.29. The Bertz CT molecular complexity index is 827. The van der Waals surface area contributed by atoms with E-state index in [4.69, 9.17) is 11.6 Å². The Morgan fingerprint density at radius 3 is 2.30 bits per heavy atom. The van der Waals surface area contributed by atoms with Gasteiger partial charge < -0.3 is 5.32 Å². The molecule has 118 valence electrons. The second-order valence-corrected chi connectivity index (χ2v) is 4.71. The highest BCUT2D eigenvalue weighted by molar-refractivity contribution is 6.32. The molecule has 0 fully saturated rings. The Morgan fingerprint density at radius 1 is 1.04 bits per heavy atom. The molecule has 1 amide bonds. The van der Waals surface area contributed by atoms with Gasteiger partial charge in [-0.1, -0.05) is 11.6 Å². The molecule has 0 saturated heterocycles. The number of hydrogen-bond donors (Lipinski definition) is 1. The quantitative estimate of drug-likeness (QED) is 0.675. The van der Waals surface area contributed by atoms with Crippen LogP contribution in [-0.4, -0.2) is 15.8 Å². The van der Waals surface area contributed by atoms with Crippen LogP contribution in [0.5, 0.6) is 0 Å². The van der Waals surface area contributed by atoms with Gasteiger partial charge in [-0.15, -0.1) is 0 Å². The van der Waals surface area contributed by atoms with Crippen LogP contribution in [0, 0.1) is 26.0 Å². The van der Waals surface area contributed by atoms with Crippen molar-refractivity contribution in [2.75, 3.05) is 5.32 Å². The number of hydrogen-bond acceptors (Lipinski definition) is 5. The van der Waals surface area contributed by atoms with E-state index in [1.807, 2.05) is 0 Å². The van der Waals surface area contributed by atoms with Crippen molar-refractivity contribution in [3.05, 3.63) is 73.0 Å². The molecule has 23 heavy (non-hydrogen) atoms. The highest BCUT2D eigenvalue weighted by Gasteiger charge is 2.18. The Kier molecular flexibility index (Phi) is 4.51. The molecule has 0 atom stereocenters. The number of amides is 1. The van der Waals surface area contributed by atoms with Crippen LogP contribution in [0.2, 0.25) is 5.02 Å². The number of nitrogens with one attached hydrogen (secondary N) is 1. The number of carbonyl (C=O) groups excluding carboxylic acids is 1. The van der Waals surface area contributed by atoms with Gasteiger partial charge in [-0.3, -0.25) is 25.0 Å². The lowest BCUT2D eigenvalue weighted by Gasteiger charge is -2.06. The zero-order valence-electron chi connectivity index (χ0n) is 11.2. The molecule has 0 heterocycles. The topological polar surface area (TPSA) is 115 Å². The van der Waals surface area contributed by atoms with Gasteiger partial charge in [0.05, 0.1) is 9.85 Å². The maximum Gasteiger partial charge on any atom is 0.306 e. The second-order valence-electron chi connectivity index (χ2n) is 4.30. The zero-order valence-corrected chi connectivity index (χ0v) is 11.9. The fourth-order valence-electron chi connectivity index (χ4n) is 1.73. The van der Waals surface area contributed by atoms with Gasteiger partial charge in [-0.25, -0.2) is 0 Å². The molecule has 0 bridgehead atoms. The summed E-state index contributed by atoms with van der Waals surface area (Å²) in [6.45, 7) is 0. The molecule has 0 saturated carbocycles. The average molecular weight is 340 g/mol. The molecule has 2 aromatic rings. The van der Waals surface area contributed by atoms with Crippen LogP contribution >= 0.6 is 11.6 Å². The van der Waals surface area contributed by atoms with Gasteiger partial charge >= 0.3 is 5.69 Å². The zero-order chi connectivity index (χ0) is 17.1. The summed E-state index contributed by atoms with van der Waals surface area (Å²) in [6, 6.07) is 6.21. The first-order valence-corrected chi connectivity index (χ1v) is 6.36. The van der Waals surface area contributed by atoms with Gasteiger partial charge in [0.15, 0.2) is 0 Å². The van der Waals surface area contributed by atoms with Gasteiger partial charge in [0.1, 0.15) is 5.02 Å². The molecule has 2 rings (SSSR count). The number of nitrogens with zero attached hydrogens (tertiary/aromatic N) is 2. The molecular weight excluding hydrogens is 333 g/mol. The molecule has 0 aliphatic rings. The Morgan fingerprint density at radius 2 is 1.70 bits per heavy atom. The minimum Gasteiger partial charge on any atom is -0.322 e. The summed E-state index contributed by atoms with van der Waals surface area (Å²) in [4.78, 5) is 31.8. The third-order valence-electron chi connectivity index (χ3n) is 2.81. The Hall–Kier alpha value is -3.07. The van der Waals surface area contributed by atoms with Crippen molar-refractivity contribution < 1.29 is 19.0 Å². The molecule has 2 aromatic carbocycles. The summed E-state index contributed by atoms with van der Waals surface area (Å²) in [5.74, 6) is -1.80. The number of carbonyl (C=O) groups is 1. The van der Waals surface area contributed by atoms with Gasteiger partial charge in [0.2, 0.25) is 5.82 Å². The van der Waals surface area contributed by atoms with Crippen molar-refractivity contribution in [2.24, 2.45) is 0 Å². The summed E-state index contributed by atoms with van der Waals surface area (Å²) in [7, 11) is 0. The van der Waals surface area contributed by atoms with Gasteiger partial charge in [-0.2, -0.15) is 4.39 Å². The van der Waals surface area contributed by atoms with E-state index in [0.717, 1.165) is 24.3 Å². The van der Waals surface area contributed by atoms with Crippen LogP contribution in [0.4, 0.5) is 21.5 Å². The first kappa shape index (κ1) is 16.3. The number of halogens is 2. The minimum absolute atomic E-state index is 0.0271. The van der Waals surface area contributed by atoms with Gasteiger partial charge in [0.25, 0.3) is 11.6 Å².